The Morgan fingerprint density at radius 3 is 2.43 bits per heavy atom. The molecule has 0 spiro atoms. The molecule has 5 heteroatoms. The molecule has 1 saturated heterocycles. The van der Waals surface area contributed by atoms with E-state index in [1.165, 1.54) is 4.90 Å². The molecule has 2 amide bonds. The van der Waals surface area contributed by atoms with Gasteiger partial charge in [0.1, 0.15) is 0 Å². The highest BCUT2D eigenvalue weighted by Gasteiger charge is 2.37. The average Bonchev–Trinajstić information content (AvgIpc) is 2.31. The van der Waals surface area contributed by atoms with Crippen LogP contribution >= 0.6 is 0 Å². The van der Waals surface area contributed by atoms with Gasteiger partial charge in [0.05, 0.1) is 6.04 Å². The third-order valence-corrected chi connectivity index (χ3v) is 2.25. The Bertz CT molecular complexity index is 257. The zero-order chi connectivity index (χ0) is 10.9. The molecule has 0 aliphatic carbocycles. The Hall–Kier alpha value is -1.26. The molecular weight excluding hydrogens is 184 g/mol. The molecule has 1 fully saturated rings. The van der Waals surface area contributed by atoms with Crippen molar-refractivity contribution in [1.29, 1.82) is 0 Å². The first-order valence-corrected chi connectivity index (χ1v) is 4.61. The van der Waals surface area contributed by atoms with E-state index in [2.05, 4.69) is 5.32 Å². The largest absolute Gasteiger partial charge is 0.465 e. The van der Waals surface area contributed by atoms with Gasteiger partial charge in [0, 0.05) is 18.5 Å². The van der Waals surface area contributed by atoms with Crippen molar-refractivity contribution in [2.75, 3.05) is 6.54 Å². The monoisotopic (exact) mass is 200 g/mol. The lowest BCUT2D eigenvalue weighted by Crippen LogP contribution is -2.51. The summed E-state index contributed by atoms with van der Waals surface area (Å²) in [5, 5.41) is 11.7. The molecular formula is C9H16N2O3. The SMILES string of the molecule is CC(C)(C)N(C(=O)O)C1CNC(=O)C1. The van der Waals surface area contributed by atoms with Crippen molar-refractivity contribution in [3.8, 4) is 0 Å². The molecule has 14 heavy (non-hydrogen) atoms. The Kier molecular flexibility index (Phi) is 2.69. The lowest BCUT2D eigenvalue weighted by molar-refractivity contribution is -0.119. The Balaban J connectivity index is 2.79. The third kappa shape index (κ3) is 2.16. The molecule has 1 heterocycles. The molecule has 0 saturated carbocycles. The summed E-state index contributed by atoms with van der Waals surface area (Å²) < 4.78 is 0. The van der Waals surface area contributed by atoms with Gasteiger partial charge in [-0.25, -0.2) is 4.79 Å². The fourth-order valence-corrected chi connectivity index (χ4v) is 1.76. The lowest BCUT2D eigenvalue weighted by atomic mass is 10.0. The minimum absolute atomic E-state index is 0.0782. The van der Waals surface area contributed by atoms with Gasteiger partial charge in [-0.1, -0.05) is 0 Å². The van der Waals surface area contributed by atoms with Gasteiger partial charge in [-0.05, 0) is 20.8 Å². The van der Waals surface area contributed by atoms with E-state index in [0.29, 0.717) is 6.54 Å². The van der Waals surface area contributed by atoms with E-state index in [1.807, 2.05) is 20.8 Å². The molecule has 0 bridgehead atoms. The van der Waals surface area contributed by atoms with E-state index in [4.69, 9.17) is 5.11 Å². The van der Waals surface area contributed by atoms with Crippen molar-refractivity contribution in [2.45, 2.75) is 38.8 Å². The van der Waals surface area contributed by atoms with Gasteiger partial charge in [0.25, 0.3) is 0 Å². The first-order valence-electron chi connectivity index (χ1n) is 4.61. The van der Waals surface area contributed by atoms with Crippen LogP contribution in [0.15, 0.2) is 0 Å². The molecule has 0 aromatic rings. The number of carbonyl (C=O) groups excluding carboxylic acids is 1. The van der Waals surface area contributed by atoms with Crippen molar-refractivity contribution in [3.63, 3.8) is 0 Å². The number of rotatable bonds is 1. The van der Waals surface area contributed by atoms with Crippen LogP contribution in [-0.2, 0) is 4.79 Å². The zero-order valence-electron chi connectivity index (χ0n) is 8.70. The number of hydrogen-bond acceptors (Lipinski definition) is 2. The van der Waals surface area contributed by atoms with Crippen LogP contribution in [0.2, 0.25) is 0 Å². The first kappa shape index (κ1) is 10.8. The van der Waals surface area contributed by atoms with Gasteiger partial charge < -0.3 is 10.4 Å². The van der Waals surface area contributed by atoms with Crippen molar-refractivity contribution in [1.82, 2.24) is 10.2 Å². The minimum Gasteiger partial charge on any atom is -0.465 e. The third-order valence-electron chi connectivity index (χ3n) is 2.25. The Labute approximate surface area is 83.1 Å². The van der Waals surface area contributed by atoms with E-state index in [0.717, 1.165) is 0 Å². The Morgan fingerprint density at radius 1 is 1.57 bits per heavy atom. The molecule has 2 N–H and O–H groups in total. The zero-order valence-corrected chi connectivity index (χ0v) is 8.70. The van der Waals surface area contributed by atoms with Gasteiger partial charge in [0.15, 0.2) is 0 Å². The topological polar surface area (TPSA) is 69.6 Å². The lowest BCUT2D eigenvalue weighted by Gasteiger charge is -2.37. The molecule has 1 atom stereocenters. The molecule has 1 rings (SSSR count). The summed E-state index contributed by atoms with van der Waals surface area (Å²) in [4.78, 5) is 23.3. The number of carboxylic acid groups (broad SMARTS) is 1. The highest BCUT2D eigenvalue weighted by Crippen LogP contribution is 2.21. The summed E-state index contributed by atoms with van der Waals surface area (Å²) >= 11 is 0. The predicted octanol–water partition coefficient (Wildman–Crippen LogP) is 0.653. The van der Waals surface area contributed by atoms with Crippen LogP contribution in [0.3, 0.4) is 0 Å². The molecule has 0 aromatic carbocycles. The second-order valence-electron chi connectivity index (χ2n) is 4.49. The van der Waals surface area contributed by atoms with Crippen LogP contribution in [0.25, 0.3) is 0 Å². The molecule has 1 unspecified atom stereocenters. The summed E-state index contributed by atoms with van der Waals surface area (Å²) in [6.45, 7) is 5.89. The van der Waals surface area contributed by atoms with Crippen LogP contribution in [0, 0.1) is 0 Å². The van der Waals surface area contributed by atoms with E-state index in [9.17, 15) is 9.59 Å². The molecule has 0 aromatic heterocycles. The first-order chi connectivity index (χ1) is 6.32. The van der Waals surface area contributed by atoms with Gasteiger partial charge in [-0.2, -0.15) is 0 Å². The maximum atomic E-state index is 11.0. The van der Waals surface area contributed by atoms with Gasteiger partial charge >= 0.3 is 6.09 Å². The maximum Gasteiger partial charge on any atom is 0.408 e. The van der Waals surface area contributed by atoms with Crippen LogP contribution in [0.5, 0.6) is 0 Å². The summed E-state index contributed by atoms with van der Waals surface area (Å²) in [7, 11) is 0. The highest BCUT2D eigenvalue weighted by molar-refractivity contribution is 5.80. The second-order valence-corrected chi connectivity index (χ2v) is 4.49. The molecule has 1 aliphatic heterocycles. The number of nitrogens with one attached hydrogen (secondary N) is 1. The standard InChI is InChI=1S/C9H16N2O3/c1-9(2,3)11(8(13)14)6-4-7(12)10-5-6/h6H,4-5H2,1-3H3,(H,10,12)(H,13,14). The Morgan fingerprint density at radius 2 is 2.14 bits per heavy atom. The van der Waals surface area contributed by atoms with Crippen molar-refractivity contribution in [3.05, 3.63) is 0 Å². The minimum atomic E-state index is -0.973. The number of hydrogen-bond donors (Lipinski definition) is 2. The van der Waals surface area contributed by atoms with Gasteiger partial charge in [-0.15, -0.1) is 0 Å². The second kappa shape index (κ2) is 3.48. The van der Waals surface area contributed by atoms with Crippen molar-refractivity contribution < 1.29 is 14.7 Å². The summed E-state index contributed by atoms with van der Waals surface area (Å²) in [6, 6.07) is -0.236. The van der Waals surface area contributed by atoms with E-state index >= 15 is 0 Å². The molecule has 1 aliphatic rings. The summed E-state index contributed by atoms with van der Waals surface area (Å²) in [5.41, 5.74) is -0.469. The number of carbonyl (C=O) groups is 2. The van der Waals surface area contributed by atoms with Crippen LogP contribution < -0.4 is 5.32 Å². The van der Waals surface area contributed by atoms with E-state index < -0.39 is 11.6 Å². The van der Waals surface area contributed by atoms with Crippen LogP contribution in [0.1, 0.15) is 27.2 Å². The van der Waals surface area contributed by atoms with Gasteiger partial charge in [0.2, 0.25) is 5.91 Å². The van der Waals surface area contributed by atoms with Gasteiger partial charge in [-0.3, -0.25) is 9.69 Å². The molecule has 5 nitrogen and oxygen atoms in total. The maximum absolute atomic E-state index is 11.0. The highest BCUT2D eigenvalue weighted by atomic mass is 16.4. The van der Waals surface area contributed by atoms with Crippen molar-refractivity contribution >= 4 is 12.0 Å². The normalized spacial score (nSPS) is 21.9. The predicted molar refractivity (Wildman–Crippen MR) is 51.0 cm³/mol. The van der Waals surface area contributed by atoms with Crippen molar-refractivity contribution in [2.24, 2.45) is 0 Å². The molecule has 80 valence electrons. The summed E-state index contributed by atoms with van der Waals surface area (Å²) in [5.74, 6) is -0.0782. The average molecular weight is 200 g/mol. The van der Waals surface area contributed by atoms with E-state index in [-0.39, 0.29) is 18.4 Å². The fraction of sp³-hybridized carbons (Fsp3) is 0.778. The quantitative estimate of drug-likeness (QED) is 0.653. The number of amides is 2. The molecule has 0 radical (unpaired) electrons. The van der Waals surface area contributed by atoms with Crippen LogP contribution in [-0.4, -0.2) is 40.1 Å². The summed E-state index contributed by atoms with van der Waals surface area (Å²) in [6.07, 6.45) is -0.706. The fourth-order valence-electron chi connectivity index (χ4n) is 1.76. The smallest absolute Gasteiger partial charge is 0.408 e. The van der Waals surface area contributed by atoms with Crippen LogP contribution in [0.4, 0.5) is 4.79 Å². The van der Waals surface area contributed by atoms with E-state index in [1.54, 1.807) is 0 Å². The number of nitrogens with zero attached hydrogens (tertiary/aromatic N) is 1.